The van der Waals surface area contributed by atoms with E-state index in [2.05, 4.69) is 18.9 Å². The molecule has 0 aliphatic carbocycles. The maximum absolute atomic E-state index is 13.1. The maximum atomic E-state index is 13.1. The van der Waals surface area contributed by atoms with Gasteiger partial charge in [-0.2, -0.15) is 5.10 Å². The van der Waals surface area contributed by atoms with Crippen LogP contribution in [0.15, 0.2) is 30.5 Å². The fraction of sp³-hybridized carbons (Fsp3) is 0.476. The lowest BCUT2D eigenvalue weighted by atomic mass is 9.93. The maximum Gasteiger partial charge on any atom is 0.303 e. The number of nitrogens with zero attached hydrogens (tertiary/aromatic N) is 3. The van der Waals surface area contributed by atoms with Gasteiger partial charge in [0.2, 0.25) is 0 Å². The number of benzene rings is 1. The van der Waals surface area contributed by atoms with Crippen molar-refractivity contribution in [2.45, 2.75) is 46.0 Å². The second-order valence-electron chi connectivity index (χ2n) is 7.68. The van der Waals surface area contributed by atoms with Crippen molar-refractivity contribution in [1.82, 2.24) is 14.7 Å². The van der Waals surface area contributed by atoms with Crippen LogP contribution in [0.1, 0.15) is 60.6 Å². The van der Waals surface area contributed by atoms with Crippen LogP contribution in [0, 0.1) is 12.8 Å². The molecule has 1 aliphatic rings. The third kappa shape index (κ3) is 4.21. The molecule has 0 saturated carbocycles. The molecule has 0 unspecified atom stereocenters. The van der Waals surface area contributed by atoms with Crippen molar-refractivity contribution >= 4 is 11.9 Å². The van der Waals surface area contributed by atoms with Crippen molar-refractivity contribution in [1.29, 1.82) is 0 Å². The molecule has 0 bridgehead atoms. The number of piperidine rings is 1. The number of aryl methyl sites for hydroxylation is 1. The minimum absolute atomic E-state index is 0.00848. The van der Waals surface area contributed by atoms with Gasteiger partial charge in [-0.05, 0) is 43.7 Å². The predicted octanol–water partition coefficient (Wildman–Crippen LogP) is 3.63. The quantitative estimate of drug-likeness (QED) is 0.873. The van der Waals surface area contributed by atoms with Crippen LogP contribution in [-0.4, -0.2) is 44.8 Å². The van der Waals surface area contributed by atoms with E-state index in [4.69, 9.17) is 5.11 Å². The summed E-state index contributed by atoms with van der Waals surface area (Å²) < 4.78 is 1.86. The number of carbonyl (C=O) groups excluding carboxylic acids is 1. The van der Waals surface area contributed by atoms with E-state index in [1.807, 2.05) is 40.8 Å². The standard InChI is InChI=1S/C21H27N3O3/c1-14(2)20-18(13-22-24(20)17-6-4-15(3)5-7-17)21(27)23-10-8-16(9-11-23)12-19(25)26/h4-7,13-14,16H,8-12H2,1-3H3,(H,25,26). The summed E-state index contributed by atoms with van der Waals surface area (Å²) in [4.78, 5) is 25.8. The largest absolute Gasteiger partial charge is 0.481 e. The summed E-state index contributed by atoms with van der Waals surface area (Å²) in [6.07, 6.45) is 3.33. The number of aliphatic carboxylic acids is 1. The smallest absolute Gasteiger partial charge is 0.303 e. The Balaban J connectivity index is 1.81. The molecule has 2 aromatic rings. The summed E-state index contributed by atoms with van der Waals surface area (Å²) >= 11 is 0. The first kappa shape index (κ1) is 19.1. The molecule has 0 atom stereocenters. The molecule has 3 rings (SSSR count). The molecule has 1 amide bonds. The first-order valence-corrected chi connectivity index (χ1v) is 9.53. The highest BCUT2D eigenvalue weighted by Crippen LogP contribution is 2.27. The highest BCUT2D eigenvalue weighted by atomic mass is 16.4. The zero-order chi connectivity index (χ0) is 19.6. The van der Waals surface area contributed by atoms with Crippen LogP contribution in [0.2, 0.25) is 0 Å². The van der Waals surface area contributed by atoms with Crippen LogP contribution in [0.25, 0.3) is 5.69 Å². The zero-order valence-electron chi connectivity index (χ0n) is 16.2. The minimum Gasteiger partial charge on any atom is -0.481 e. The number of carboxylic acid groups (broad SMARTS) is 1. The molecule has 2 heterocycles. The third-order valence-electron chi connectivity index (χ3n) is 5.23. The van der Waals surface area contributed by atoms with E-state index in [9.17, 15) is 9.59 Å². The Morgan fingerprint density at radius 3 is 2.37 bits per heavy atom. The van der Waals surface area contributed by atoms with Crippen molar-refractivity contribution in [3.8, 4) is 5.69 Å². The molecule has 1 aliphatic heterocycles. The van der Waals surface area contributed by atoms with E-state index in [-0.39, 0.29) is 24.2 Å². The van der Waals surface area contributed by atoms with Gasteiger partial charge in [-0.1, -0.05) is 31.5 Å². The number of hydrogen-bond donors (Lipinski definition) is 1. The molecule has 144 valence electrons. The normalized spacial score (nSPS) is 15.3. The van der Waals surface area contributed by atoms with E-state index < -0.39 is 5.97 Å². The molecule has 6 heteroatoms. The summed E-state index contributed by atoms with van der Waals surface area (Å²) in [7, 11) is 0. The molecular formula is C21H27N3O3. The Morgan fingerprint density at radius 1 is 1.19 bits per heavy atom. The fourth-order valence-corrected chi connectivity index (χ4v) is 3.73. The van der Waals surface area contributed by atoms with Crippen LogP contribution >= 0.6 is 0 Å². The van der Waals surface area contributed by atoms with Crippen molar-refractivity contribution < 1.29 is 14.7 Å². The Hall–Kier alpha value is -2.63. The first-order valence-electron chi connectivity index (χ1n) is 9.53. The summed E-state index contributed by atoms with van der Waals surface area (Å²) in [5, 5.41) is 13.5. The minimum atomic E-state index is -0.763. The van der Waals surface area contributed by atoms with Gasteiger partial charge >= 0.3 is 5.97 Å². The Labute approximate surface area is 159 Å². The predicted molar refractivity (Wildman–Crippen MR) is 103 cm³/mol. The van der Waals surface area contributed by atoms with Crippen molar-refractivity contribution in [3.63, 3.8) is 0 Å². The van der Waals surface area contributed by atoms with Crippen molar-refractivity contribution in [3.05, 3.63) is 47.3 Å². The Kier molecular flexibility index (Phi) is 5.63. The Bertz CT molecular complexity index is 816. The van der Waals surface area contributed by atoms with E-state index >= 15 is 0 Å². The van der Waals surface area contributed by atoms with Crippen LogP contribution in [0.3, 0.4) is 0 Å². The number of rotatable bonds is 5. The zero-order valence-corrected chi connectivity index (χ0v) is 16.2. The van der Waals surface area contributed by atoms with Gasteiger partial charge in [-0.15, -0.1) is 0 Å². The van der Waals surface area contributed by atoms with Gasteiger partial charge in [-0.25, -0.2) is 4.68 Å². The lowest BCUT2D eigenvalue weighted by Gasteiger charge is -2.31. The number of carboxylic acids is 1. The van der Waals surface area contributed by atoms with Crippen LogP contribution in [-0.2, 0) is 4.79 Å². The number of aromatic nitrogens is 2. The third-order valence-corrected chi connectivity index (χ3v) is 5.23. The van der Waals surface area contributed by atoms with Crippen LogP contribution in [0.4, 0.5) is 0 Å². The SMILES string of the molecule is Cc1ccc(-n2ncc(C(=O)N3CCC(CC(=O)O)CC3)c2C(C)C)cc1. The van der Waals surface area contributed by atoms with Gasteiger partial charge < -0.3 is 10.0 Å². The molecule has 0 radical (unpaired) electrons. The van der Waals surface area contributed by atoms with Crippen molar-refractivity contribution in [2.24, 2.45) is 5.92 Å². The summed E-state index contributed by atoms with van der Waals surface area (Å²) in [5.41, 5.74) is 3.68. The number of carbonyl (C=O) groups is 2. The summed E-state index contributed by atoms with van der Waals surface area (Å²) in [6.45, 7) is 7.38. The molecule has 6 nitrogen and oxygen atoms in total. The van der Waals surface area contributed by atoms with Gasteiger partial charge in [0.25, 0.3) is 5.91 Å². The van der Waals surface area contributed by atoms with Gasteiger partial charge in [0.15, 0.2) is 0 Å². The molecule has 0 spiro atoms. The number of hydrogen-bond acceptors (Lipinski definition) is 3. The second kappa shape index (κ2) is 7.94. The Morgan fingerprint density at radius 2 is 1.81 bits per heavy atom. The van der Waals surface area contributed by atoms with Crippen molar-refractivity contribution in [2.75, 3.05) is 13.1 Å². The van der Waals surface area contributed by atoms with E-state index in [0.717, 1.165) is 24.2 Å². The molecule has 1 fully saturated rings. The highest BCUT2D eigenvalue weighted by molar-refractivity contribution is 5.95. The van der Waals surface area contributed by atoms with Crippen LogP contribution < -0.4 is 0 Å². The van der Waals surface area contributed by atoms with E-state index in [1.165, 1.54) is 5.56 Å². The van der Waals surface area contributed by atoms with Gasteiger partial charge in [-0.3, -0.25) is 9.59 Å². The lowest BCUT2D eigenvalue weighted by Crippen LogP contribution is -2.39. The molecular weight excluding hydrogens is 342 g/mol. The van der Waals surface area contributed by atoms with E-state index in [0.29, 0.717) is 18.7 Å². The monoisotopic (exact) mass is 369 g/mol. The number of amides is 1. The molecule has 27 heavy (non-hydrogen) atoms. The van der Waals surface area contributed by atoms with Gasteiger partial charge in [0.1, 0.15) is 0 Å². The topological polar surface area (TPSA) is 75.4 Å². The lowest BCUT2D eigenvalue weighted by molar-refractivity contribution is -0.138. The molecule has 1 saturated heterocycles. The average molecular weight is 369 g/mol. The first-order chi connectivity index (χ1) is 12.9. The number of likely N-dealkylation sites (tertiary alicyclic amines) is 1. The highest BCUT2D eigenvalue weighted by Gasteiger charge is 2.28. The average Bonchev–Trinajstić information content (AvgIpc) is 3.07. The van der Waals surface area contributed by atoms with E-state index in [1.54, 1.807) is 6.20 Å². The summed E-state index contributed by atoms with van der Waals surface area (Å²) in [5.74, 6) is -0.462. The molecule has 1 N–H and O–H groups in total. The molecule has 1 aromatic heterocycles. The van der Waals surface area contributed by atoms with Crippen LogP contribution in [0.5, 0.6) is 0 Å². The second-order valence-corrected chi connectivity index (χ2v) is 7.68. The summed E-state index contributed by atoms with van der Waals surface area (Å²) in [6, 6.07) is 8.10. The fourth-order valence-electron chi connectivity index (χ4n) is 3.73. The van der Waals surface area contributed by atoms with Gasteiger partial charge in [0, 0.05) is 19.5 Å². The molecule has 1 aromatic carbocycles. The van der Waals surface area contributed by atoms with Gasteiger partial charge in [0.05, 0.1) is 23.1 Å².